The van der Waals surface area contributed by atoms with Crippen LogP contribution in [0.1, 0.15) is 64.7 Å². The highest BCUT2D eigenvalue weighted by atomic mass is 16.4. The second-order valence-corrected chi connectivity index (χ2v) is 6.71. The monoisotopic (exact) mass is 267 g/mol. The van der Waals surface area contributed by atoms with Gasteiger partial charge in [-0.1, -0.05) is 26.2 Å². The molecule has 0 aromatic carbocycles. The predicted octanol–water partition coefficient (Wildman–Crippen LogP) is 3.53. The van der Waals surface area contributed by atoms with Crippen LogP contribution in [0.2, 0.25) is 0 Å². The molecule has 0 aromatic rings. The van der Waals surface area contributed by atoms with Crippen molar-refractivity contribution in [2.75, 3.05) is 13.1 Å². The molecule has 2 rings (SSSR count). The zero-order valence-electron chi connectivity index (χ0n) is 12.3. The third-order valence-electron chi connectivity index (χ3n) is 4.98. The Morgan fingerprint density at radius 1 is 1.21 bits per heavy atom. The summed E-state index contributed by atoms with van der Waals surface area (Å²) in [6, 6.07) is 0.530. The molecule has 1 aliphatic carbocycles. The largest absolute Gasteiger partial charge is 0.481 e. The maximum atomic E-state index is 10.8. The molecule has 2 aliphatic rings. The maximum Gasteiger partial charge on any atom is 0.303 e. The molecule has 3 atom stereocenters. The highest BCUT2D eigenvalue weighted by Gasteiger charge is 2.27. The molecule has 3 nitrogen and oxygen atoms in total. The second kappa shape index (κ2) is 7.28. The Balaban J connectivity index is 1.82. The van der Waals surface area contributed by atoms with Gasteiger partial charge in [-0.15, -0.1) is 0 Å². The van der Waals surface area contributed by atoms with Gasteiger partial charge in [0.15, 0.2) is 0 Å². The normalized spacial score (nSPS) is 33.2. The van der Waals surface area contributed by atoms with Crippen molar-refractivity contribution in [2.45, 2.75) is 70.8 Å². The number of rotatable bonds is 5. The molecule has 0 radical (unpaired) electrons. The van der Waals surface area contributed by atoms with E-state index in [0.29, 0.717) is 12.5 Å². The van der Waals surface area contributed by atoms with E-state index in [4.69, 9.17) is 5.11 Å². The number of hydrogen-bond acceptors (Lipinski definition) is 2. The molecule has 1 saturated heterocycles. The van der Waals surface area contributed by atoms with E-state index in [9.17, 15) is 4.79 Å². The minimum Gasteiger partial charge on any atom is -0.481 e. The Bertz CT molecular complexity index is 292. The molecular formula is C16H29NO2. The fourth-order valence-electron chi connectivity index (χ4n) is 3.97. The van der Waals surface area contributed by atoms with Gasteiger partial charge in [0.05, 0.1) is 0 Å². The number of aliphatic carboxylic acids is 1. The van der Waals surface area contributed by atoms with E-state index in [-0.39, 0.29) is 0 Å². The third kappa shape index (κ3) is 4.79. The van der Waals surface area contributed by atoms with Gasteiger partial charge < -0.3 is 10.0 Å². The summed E-state index contributed by atoms with van der Waals surface area (Å²) in [5, 5.41) is 8.87. The molecule has 1 N–H and O–H groups in total. The van der Waals surface area contributed by atoms with Crippen LogP contribution < -0.4 is 0 Å². The average molecular weight is 267 g/mol. The number of carboxylic acid groups (broad SMARTS) is 1. The summed E-state index contributed by atoms with van der Waals surface area (Å²) < 4.78 is 0. The number of carbonyl (C=O) groups is 1. The summed E-state index contributed by atoms with van der Waals surface area (Å²) in [5.74, 6) is 1.10. The van der Waals surface area contributed by atoms with Gasteiger partial charge in [0.25, 0.3) is 0 Å². The molecule has 3 heteroatoms. The first-order valence-corrected chi connectivity index (χ1v) is 8.11. The Morgan fingerprint density at radius 2 is 2.05 bits per heavy atom. The Morgan fingerprint density at radius 3 is 2.79 bits per heavy atom. The molecular weight excluding hydrogens is 238 g/mol. The van der Waals surface area contributed by atoms with E-state index in [1.54, 1.807) is 0 Å². The van der Waals surface area contributed by atoms with Crippen molar-refractivity contribution in [2.24, 2.45) is 11.8 Å². The van der Waals surface area contributed by atoms with Crippen molar-refractivity contribution >= 4 is 5.97 Å². The lowest BCUT2D eigenvalue weighted by atomic mass is 9.81. The van der Waals surface area contributed by atoms with Crippen molar-refractivity contribution in [3.8, 4) is 0 Å². The summed E-state index contributed by atoms with van der Waals surface area (Å²) in [5.41, 5.74) is 0. The quantitative estimate of drug-likeness (QED) is 0.828. The molecule has 1 heterocycles. The molecule has 2 fully saturated rings. The van der Waals surface area contributed by atoms with Crippen LogP contribution in [0.25, 0.3) is 0 Å². The average Bonchev–Trinajstić information content (AvgIpc) is 2.38. The van der Waals surface area contributed by atoms with Gasteiger partial charge in [-0.3, -0.25) is 4.79 Å². The van der Waals surface area contributed by atoms with Gasteiger partial charge in [0.1, 0.15) is 0 Å². The lowest BCUT2D eigenvalue weighted by molar-refractivity contribution is -0.137. The van der Waals surface area contributed by atoms with Crippen LogP contribution in [-0.4, -0.2) is 35.1 Å². The van der Waals surface area contributed by atoms with Gasteiger partial charge in [-0.25, -0.2) is 0 Å². The van der Waals surface area contributed by atoms with Crippen molar-refractivity contribution in [3.63, 3.8) is 0 Å². The Kier molecular flexibility index (Phi) is 5.68. The minimum atomic E-state index is -0.642. The molecule has 0 amide bonds. The van der Waals surface area contributed by atoms with E-state index in [1.165, 1.54) is 58.0 Å². The van der Waals surface area contributed by atoms with Crippen LogP contribution >= 0.6 is 0 Å². The fraction of sp³-hybridized carbons (Fsp3) is 0.938. The van der Waals surface area contributed by atoms with Gasteiger partial charge in [-0.2, -0.15) is 0 Å². The highest BCUT2D eigenvalue weighted by Crippen LogP contribution is 2.31. The van der Waals surface area contributed by atoms with E-state index in [1.807, 2.05) is 0 Å². The summed E-state index contributed by atoms with van der Waals surface area (Å²) in [4.78, 5) is 13.4. The van der Waals surface area contributed by atoms with Gasteiger partial charge in [0.2, 0.25) is 0 Å². The summed E-state index contributed by atoms with van der Waals surface area (Å²) in [7, 11) is 0. The van der Waals surface area contributed by atoms with Gasteiger partial charge in [-0.05, 0) is 50.5 Å². The summed E-state index contributed by atoms with van der Waals surface area (Å²) >= 11 is 0. The predicted molar refractivity (Wildman–Crippen MR) is 77.2 cm³/mol. The number of hydrogen-bond donors (Lipinski definition) is 1. The first-order chi connectivity index (χ1) is 9.15. The Hall–Kier alpha value is -0.570. The lowest BCUT2D eigenvalue weighted by Gasteiger charge is -2.39. The first-order valence-electron chi connectivity index (χ1n) is 8.11. The van der Waals surface area contributed by atoms with Crippen LogP contribution in [0.3, 0.4) is 0 Å². The number of likely N-dealkylation sites (tertiary alicyclic amines) is 1. The summed E-state index contributed by atoms with van der Waals surface area (Å²) in [6.07, 6.45) is 10.5. The molecule has 110 valence electrons. The first kappa shape index (κ1) is 14.8. The van der Waals surface area contributed by atoms with E-state index >= 15 is 0 Å². The number of carboxylic acids is 1. The van der Waals surface area contributed by atoms with Gasteiger partial charge in [0, 0.05) is 19.0 Å². The summed E-state index contributed by atoms with van der Waals surface area (Å²) in [6.45, 7) is 4.79. The van der Waals surface area contributed by atoms with E-state index < -0.39 is 5.97 Å². The zero-order valence-corrected chi connectivity index (χ0v) is 12.3. The van der Waals surface area contributed by atoms with Crippen LogP contribution in [-0.2, 0) is 4.79 Å². The molecule has 0 bridgehead atoms. The topological polar surface area (TPSA) is 40.5 Å². The SMILES string of the molecule is CC1CCCC(CN2CCCCC2CCC(=O)O)C1. The molecule has 1 aliphatic heterocycles. The van der Waals surface area contributed by atoms with E-state index in [2.05, 4.69) is 11.8 Å². The van der Waals surface area contributed by atoms with Crippen molar-refractivity contribution in [1.29, 1.82) is 0 Å². The fourth-order valence-corrected chi connectivity index (χ4v) is 3.97. The lowest BCUT2D eigenvalue weighted by Crippen LogP contribution is -2.43. The molecule has 1 saturated carbocycles. The highest BCUT2D eigenvalue weighted by molar-refractivity contribution is 5.66. The van der Waals surface area contributed by atoms with Gasteiger partial charge >= 0.3 is 5.97 Å². The van der Waals surface area contributed by atoms with Crippen molar-refractivity contribution < 1.29 is 9.90 Å². The Labute approximate surface area is 117 Å². The minimum absolute atomic E-state index is 0.336. The molecule has 0 aromatic heterocycles. The molecule has 3 unspecified atom stereocenters. The van der Waals surface area contributed by atoms with Crippen LogP contribution in [0.15, 0.2) is 0 Å². The second-order valence-electron chi connectivity index (χ2n) is 6.71. The zero-order chi connectivity index (χ0) is 13.7. The van der Waals surface area contributed by atoms with Crippen molar-refractivity contribution in [3.05, 3.63) is 0 Å². The molecule has 0 spiro atoms. The van der Waals surface area contributed by atoms with E-state index in [0.717, 1.165) is 18.3 Å². The number of nitrogens with zero attached hydrogens (tertiary/aromatic N) is 1. The molecule has 19 heavy (non-hydrogen) atoms. The van der Waals surface area contributed by atoms with Crippen LogP contribution in [0.5, 0.6) is 0 Å². The van der Waals surface area contributed by atoms with Crippen LogP contribution in [0, 0.1) is 11.8 Å². The third-order valence-corrected chi connectivity index (χ3v) is 4.98. The number of piperidine rings is 1. The standard InChI is InChI=1S/C16H29NO2/c1-13-5-4-6-14(11-13)12-17-10-3-2-7-15(17)8-9-16(18)19/h13-15H,2-12H2,1H3,(H,18,19). The van der Waals surface area contributed by atoms with Crippen molar-refractivity contribution in [1.82, 2.24) is 4.90 Å². The van der Waals surface area contributed by atoms with Crippen LogP contribution in [0.4, 0.5) is 0 Å². The maximum absolute atomic E-state index is 10.8. The smallest absolute Gasteiger partial charge is 0.303 e.